The minimum absolute atomic E-state index is 0.00710. The van der Waals surface area contributed by atoms with E-state index in [9.17, 15) is 4.79 Å². The third kappa shape index (κ3) is 4.01. The Bertz CT molecular complexity index is 1090. The maximum absolute atomic E-state index is 12.9. The highest BCUT2D eigenvalue weighted by Gasteiger charge is 2.20. The molecule has 1 amide bonds. The van der Waals surface area contributed by atoms with Gasteiger partial charge in [-0.1, -0.05) is 35.2 Å². The second-order valence-electron chi connectivity index (χ2n) is 6.18. The fourth-order valence-electron chi connectivity index (χ4n) is 2.99. The smallest absolute Gasteiger partial charge is 0.239 e. The van der Waals surface area contributed by atoms with Gasteiger partial charge in [-0.15, -0.1) is 10.2 Å². The molecule has 148 valence electrons. The summed E-state index contributed by atoms with van der Waals surface area (Å²) in [6.07, 6.45) is 3.47. The molecular weight excluding hydrogens is 404 g/mol. The molecule has 1 aromatic carbocycles. The molecule has 0 bridgehead atoms. The van der Waals surface area contributed by atoms with Gasteiger partial charge in [0.25, 0.3) is 0 Å². The molecule has 3 heterocycles. The van der Waals surface area contributed by atoms with E-state index in [0.717, 1.165) is 38.4 Å². The quantitative estimate of drug-likeness (QED) is 0.416. The molecule has 0 radical (unpaired) electrons. The van der Waals surface area contributed by atoms with E-state index in [1.807, 2.05) is 54.8 Å². The highest BCUT2D eigenvalue weighted by Crippen LogP contribution is 2.30. The average Bonchev–Trinajstić information content (AvgIpc) is 3.37. The van der Waals surface area contributed by atoms with Crippen molar-refractivity contribution in [1.82, 2.24) is 24.7 Å². The first-order valence-electron chi connectivity index (χ1n) is 9.33. The zero-order valence-electron chi connectivity index (χ0n) is 16.1. The number of carbonyl (C=O) groups is 1. The third-order valence-corrected chi connectivity index (χ3v) is 6.44. The summed E-state index contributed by atoms with van der Waals surface area (Å²) in [5.41, 5.74) is 1.87. The van der Waals surface area contributed by atoms with Gasteiger partial charge in [0, 0.05) is 31.0 Å². The topological polar surface area (TPSA) is 76.8 Å². The molecular formula is C20H20N6OS2. The molecule has 29 heavy (non-hydrogen) atoms. The van der Waals surface area contributed by atoms with Crippen molar-refractivity contribution in [2.75, 3.05) is 17.2 Å². The molecule has 0 aliphatic rings. The lowest BCUT2D eigenvalue weighted by Gasteiger charge is -2.17. The third-order valence-electron chi connectivity index (χ3n) is 4.43. The molecule has 0 aliphatic heterocycles. The fourth-order valence-corrected chi connectivity index (χ4v) is 4.92. The zero-order chi connectivity index (χ0) is 20.2. The molecule has 0 saturated carbocycles. The van der Waals surface area contributed by atoms with Gasteiger partial charge in [0.2, 0.25) is 5.91 Å². The highest BCUT2D eigenvalue weighted by molar-refractivity contribution is 7.99. The van der Waals surface area contributed by atoms with E-state index in [0.29, 0.717) is 6.54 Å². The maximum atomic E-state index is 12.9. The van der Waals surface area contributed by atoms with Crippen LogP contribution in [-0.2, 0) is 11.3 Å². The number of carbonyl (C=O) groups excluding carboxylic acids is 1. The van der Waals surface area contributed by atoms with Crippen LogP contribution in [0.5, 0.6) is 0 Å². The Hall–Kier alpha value is -2.78. The summed E-state index contributed by atoms with van der Waals surface area (Å²) in [7, 11) is 0. The van der Waals surface area contributed by atoms with Gasteiger partial charge in [0.05, 0.1) is 16.0 Å². The monoisotopic (exact) mass is 424 g/mol. The molecule has 0 aliphatic carbocycles. The predicted octanol–water partition coefficient (Wildman–Crippen LogP) is 4.11. The largest absolute Gasteiger partial charge is 0.302 e. The molecule has 0 unspecified atom stereocenters. The van der Waals surface area contributed by atoms with Crippen molar-refractivity contribution >= 4 is 44.4 Å². The second-order valence-corrected chi connectivity index (χ2v) is 8.13. The van der Waals surface area contributed by atoms with Gasteiger partial charge < -0.3 is 4.57 Å². The van der Waals surface area contributed by atoms with Crippen molar-refractivity contribution in [2.24, 2.45) is 0 Å². The summed E-state index contributed by atoms with van der Waals surface area (Å²) in [5.74, 6) is 1.06. The summed E-state index contributed by atoms with van der Waals surface area (Å²) in [5, 5.41) is 10.1. The number of amides is 1. The molecule has 4 rings (SSSR count). The van der Waals surface area contributed by atoms with Crippen molar-refractivity contribution < 1.29 is 4.79 Å². The lowest BCUT2D eigenvalue weighted by molar-refractivity contribution is -0.116. The minimum atomic E-state index is 0.00710. The van der Waals surface area contributed by atoms with Gasteiger partial charge in [0.15, 0.2) is 16.1 Å². The number of fused-ring (bicyclic) bond motifs is 1. The van der Waals surface area contributed by atoms with Crippen LogP contribution in [0.25, 0.3) is 21.6 Å². The maximum Gasteiger partial charge on any atom is 0.239 e. The number of anilines is 1. The summed E-state index contributed by atoms with van der Waals surface area (Å²) in [4.78, 5) is 23.3. The number of thioether (sulfide) groups is 1. The SMILES string of the molecule is CCN(C(=O)CSc1nnc(-c2ccncc2)n1CC)c1nc2ccccc2s1. The van der Waals surface area contributed by atoms with Gasteiger partial charge in [-0.2, -0.15) is 0 Å². The Balaban J connectivity index is 1.51. The normalized spacial score (nSPS) is 11.1. The van der Waals surface area contributed by atoms with Gasteiger partial charge in [-0.3, -0.25) is 14.7 Å². The van der Waals surface area contributed by atoms with E-state index in [1.165, 1.54) is 23.1 Å². The van der Waals surface area contributed by atoms with Crippen molar-refractivity contribution in [3.63, 3.8) is 0 Å². The van der Waals surface area contributed by atoms with E-state index < -0.39 is 0 Å². The van der Waals surface area contributed by atoms with Crippen LogP contribution < -0.4 is 4.90 Å². The zero-order valence-corrected chi connectivity index (χ0v) is 17.8. The van der Waals surface area contributed by atoms with E-state index in [-0.39, 0.29) is 11.7 Å². The van der Waals surface area contributed by atoms with Crippen molar-refractivity contribution in [2.45, 2.75) is 25.5 Å². The number of benzene rings is 1. The van der Waals surface area contributed by atoms with Gasteiger partial charge >= 0.3 is 0 Å². The van der Waals surface area contributed by atoms with E-state index >= 15 is 0 Å². The molecule has 0 spiro atoms. The van der Waals surface area contributed by atoms with E-state index in [2.05, 4.69) is 20.2 Å². The Labute approximate surface area is 176 Å². The lowest BCUT2D eigenvalue weighted by Crippen LogP contribution is -2.32. The number of rotatable bonds is 7. The Morgan fingerprint density at radius 1 is 1.14 bits per heavy atom. The number of para-hydroxylation sites is 1. The first-order chi connectivity index (χ1) is 14.2. The number of pyridine rings is 1. The van der Waals surface area contributed by atoms with Crippen molar-refractivity contribution in [3.05, 3.63) is 48.8 Å². The molecule has 0 fully saturated rings. The van der Waals surface area contributed by atoms with Crippen LogP contribution in [0.15, 0.2) is 53.9 Å². The Morgan fingerprint density at radius 2 is 1.93 bits per heavy atom. The average molecular weight is 425 g/mol. The van der Waals surface area contributed by atoms with Crippen molar-refractivity contribution in [1.29, 1.82) is 0 Å². The minimum Gasteiger partial charge on any atom is -0.302 e. The fraction of sp³-hybridized carbons (Fsp3) is 0.250. The lowest BCUT2D eigenvalue weighted by atomic mass is 10.2. The summed E-state index contributed by atoms with van der Waals surface area (Å²) in [6.45, 7) is 5.29. The molecule has 4 aromatic rings. The van der Waals surface area contributed by atoms with Crippen LogP contribution in [0, 0.1) is 0 Å². The van der Waals surface area contributed by atoms with Gasteiger partial charge in [0.1, 0.15) is 0 Å². The number of hydrogen-bond acceptors (Lipinski definition) is 7. The summed E-state index contributed by atoms with van der Waals surface area (Å²) in [6, 6.07) is 11.7. The van der Waals surface area contributed by atoms with Crippen LogP contribution >= 0.6 is 23.1 Å². The van der Waals surface area contributed by atoms with Crippen LogP contribution in [0.2, 0.25) is 0 Å². The first kappa shape index (κ1) is 19.5. The van der Waals surface area contributed by atoms with Crippen LogP contribution in [0.4, 0.5) is 5.13 Å². The molecule has 7 nitrogen and oxygen atoms in total. The standard InChI is InChI=1S/C20H20N6OS2/c1-3-25(19-22-15-7-5-6-8-16(15)29-19)17(27)13-28-20-24-23-18(26(20)4-2)14-9-11-21-12-10-14/h5-12H,3-4,13H2,1-2H3. The summed E-state index contributed by atoms with van der Waals surface area (Å²) < 4.78 is 3.09. The predicted molar refractivity (Wildman–Crippen MR) is 117 cm³/mol. The first-order valence-corrected chi connectivity index (χ1v) is 11.1. The number of aromatic nitrogens is 5. The molecule has 0 atom stereocenters. The van der Waals surface area contributed by atoms with E-state index in [1.54, 1.807) is 17.3 Å². The highest BCUT2D eigenvalue weighted by atomic mass is 32.2. The summed E-state index contributed by atoms with van der Waals surface area (Å²) >= 11 is 2.93. The number of thiazole rings is 1. The number of nitrogens with zero attached hydrogens (tertiary/aromatic N) is 6. The molecule has 0 N–H and O–H groups in total. The Morgan fingerprint density at radius 3 is 2.66 bits per heavy atom. The molecule has 0 saturated heterocycles. The number of hydrogen-bond donors (Lipinski definition) is 0. The molecule has 3 aromatic heterocycles. The second kappa shape index (κ2) is 8.71. The van der Waals surface area contributed by atoms with Crippen LogP contribution in [0.3, 0.4) is 0 Å². The van der Waals surface area contributed by atoms with Gasteiger partial charge in [-0.25, -0.2) is 4.98 Å². The Kier molecular flexibility index (Phi) is 5.86. The van der Waals surface area contributed by atoms with Gasteiger partial charge in [-0.05, 0) is 38.1 Å². The van der Waals surface area contributed by atoms with Crippen LogP contribution in [-0.4, -0.2) is 42.9 Å². The van der Waals surface area contributed by atoms with E-state index in [4.69, 9.17) is 0 Å². The van der Waals surface area contributed by atoms with Crippen LogP contribution in [0.1, 0.15) is 13.8 Å². The van der Waals surface area contributed by atoms with Crippen molar-refractivity contribution in [3.8, 4) is 11.4 Å². The molecule has 9 heteroatoms.